The molecule has 0 atom stereocenters. The molecule has 1 saturated heterocycles. The Bertz CT molecular complexity index is 380. The van der Waals surface area contributed by atoms with Crippen molar-refractivity contribution in [1.82, 2.24) is 0 Å². The third-order valence-corrected chi connectivity index (χ3v) is 3.65. The van der Waals surface area contributed by atoms with Crippen LogP contribution in [0.4, 0.5) is 0 Å². The van der Waals surface area contributed by atoms with Crippen LogP contribution in [0, 0.1) is 0 Å². The van der Waals surface area contributed by atoms with Crippen LogP contribution in [0.25, 0.3) is 0 Å². The summed E-state index contributed by atoms with van der Waals surface area (Å²) < 4.78 is 16.5. The number of carbonyl (C=O) groups excluding carboxylic acids is 1. The number of methoxy groups -OCH3 is 1. The molecule has 0 aromatic heterocycles. The standard InChI is InChI=1S/C13H21BO4/c1-8-10(9(2)11(15)16-7)14-17-12(3,4)13(5,6)18-14/h8H,1H2,2-7H3/b10-9-. The molecule has 1 heterocycles. The van der Waals surface area contributed by atoms with Crippen molar-refractivity contribution in [1.29, 1.82) is 0 Å². The Balaban J connectivity index is 3.08. The van der Waals surface area contributed by atoms with Crippen molar-refractivity contribution in [2.75, 3.05) is 7.11 Å². The largest absolute Gasteiger partial charge is 0.495 e. The van der Waals surface area contributed by atoms with E-state index in [9.17, 15) is 4.79 Å². The van der Waals surface area contributed by atoms with Crippen molar-refractivity contribution < 1.29 is 18.8 Å². The summed E-state index contributed by atoms with van der Waals surface area (Å²) in [6.45, 7) is 13.2. The Kier molecular flexibility index (Phi) is 4.08. The van der Waals surface area contributed by atoms with Gasteiger partial charge in [-0.25, -0.2) is 4.79 Å². The van der Waals surface area contributed by atoms with Gasteiger partial charge in [0.05, 0.1) is 18.3 Å². The highest BCUT2D eigenvalue weighted by Crippen LogP contribution is 2.39. The third kappa shape index (κ3) is 2.52. The maximum Gasteiger partial charge on any atom is 0.495 e. The molecule has 1 rings (SSSR count). The van der Waals surface area contributed by atoms with Crippen LogP contribution in [-0.2, 0) is 18.8 Å². The van der Waals surface area contributed by atoms with Gasteiger partial charge in [-0.15, -0.1) is 0 Å². The molecule has 0 aliphatic carbocycles. The van der Waals surface area contributed by atoms with Gasteiger partial charge in [0, 0.05) is 5.57 Å². The van der Waals surface area contributed by atoms with E-state index in [1.54, 1.807) is 13.0 Å². The van der Waals surface area contributed by atoms with Crippen LogP contribution in [0.1, 0.15) is 34.6 Å². The van der Waals surface area contributed by atoms with E-state index in [1.165, 1.54) is 7.11 Å². The predicted octanol–water partition coefficient (Wildman–Crippen LogP) is 2.29. The fraction of sp³-hybridized carbons (Fsp3) is 0.615. The van der Waals surface area contributed by atoms with E-state index in [1.807, 2.05) is 27.7 Å². The molecular weight excluding hydrogens is 231 g/mol. The number of carbonyl (C=O) groups is 1. The van der Waals surface area contributed by atoms with Gasteiger partial charge in [-0.05, 0) is 40.1 Å². The quantitative estimate of drug-likeness (QED) is 0.334. The van der Waals surface area contributed by atoms with Crippen LogP contribution in [0.2, 0.25) is 0 Å². The molecule has 0 N–H and O–H groups in total. The number of hydrogen-bond donors (Lipinski definition) is 0. The SMILES string of the molecule is C=C/C(B1OC(C)(C)C(C)(C)O1)=C(\C)C(=O)OC. The molecular formula is C13H21BO4. The summed E-state index contributed by atoms with van der Waals surface area (Å²) in [6.07, 6.45) is 1.58. The summed E-state index contributed by atoms with van der Waals surface area (Å²) in [7, 11) is 0.753. The normalized spacial score (nSPS) is 22.4. The summed E-state index contributed by atoms with van der Waals surface area (Å²) in [4.78, 5) is 11.6. The summed E-state index contributed by atoms with van der Waals surface area (Å²) in [6, 6.07) is 0. The lowest BCUT2D eigenvalue weighted by Gasteiger charge is -2.32. The molecule has 0 spiro atoms. The van der Waals surface area contributed by atoms with Crippen LogP contribution in [0.15, 0.2) is 23.7 Å². The number of allylic oxidation sites excluding steroid dienone is 2. The summed E-state index contributed by atoms with van der Waals surface area (Å²) in [5.74, 6) is -0.403. The van der Waals surface area contributed by atoms with Crippen molar-refractivity contribution >= 4 is 13.1 Å². The van der Waals surface area contributed by atoms with Crippen LogP contribution < -0.4 is 0 Å². The third-order valence-electron chi connectivity index (χ3n) is 3.65. The van der Waals surface area contributed by atoms with Gasteiger partial charge in [0.15, 0.2) is 0 Å². The number of rotatable bonds is 3. The van der Waals surface area contributed by atoms with E-state index in [0.717, 1.165) is 0 Å². The molecule has 1 fully saturated rings. The average molecular weight is 252 g/mol. The van der Waals surface area contributed by atoms with Crippen molar-refractivity contribution in [3.8, 4) is 0 Å². The van der Waals surface area contributed by atoms with Crippen LogP contribution in [-0.4, -0.2) is 31.4 Å². The second-order valence-corrected chi connectivity index (χ2v) is 5.36. The Morgan fingerprint density at radius 1 is 1.22 bits per heavy atom. The Hall–Kier alpha value is -1.07. The number of hydrogen-bond acceptors (Lipinski definition) is 4. The Labute approximate surface area is 109 Å². The lowest BCUT2D eigenvalue weighted by atomic mass is 9.75. The molecule has 4 nitrogen and oxygen atoms in total. The molecule has 0 radical (unpaired) electrons. The molecule has 100 valence electrons. The van der Waals surface area contributed by atoms with Gasteiger partial charge in [-0.1, -0.05) is 12.7 Å². The smallest absolute Gasteiger partial charge is 0.466 e. The van der Waals surface area contributed by atoms with Crippen LogP contribution >= 0.6 is 0 Å². The fourth-order valence-electron chi connectivity index (χ4n) is 1.67. The summed E-state index contributed by atoms with van der Waals surface area (Å²) in [5, 5.41) is 0. The van der Waals surface area contributed by atoms with E-state index in [-0.39, 0.29) is 0 Å². The minimum absolute atomic E-state index is 0.403. The van der Waals surface area contributed by atoms with Gasteiger partial charge in [0.2, 0.25) is 0 Å². The molecule has 0 unspecified atom stereocenters. The zero-order chi connectivity index (χ0) is 14.1. The van der Waals surface area contributed by atoms with E-state index in [0.29, 0.717) is 11.0 Å². The molecule has 18 heavy (non-hydrogen) atoms. The fourth-order valence-corrected chi connectivity index (χ4v) is 1.67. The van der Waals surface area contributed by atoms with E-state index >= 15 is 0 Å². The number of ether oxygens (including phenoxy) is 1. The zero-order valence-corrected chi connectivity index (χ0v) is 12.0. The molecule has 1 aliphatic rings. The predicted molar refractivity (Wildman–Crippen MR) is 71.0 cm³/mol. The molecule has 1 aliphatic heterocycles. The van der Waals surface area contributed by atoms with Gasteiger partial charge in [-0.3, -0.25) is 0 Å². The first-order valence-electron chi connectivity index (χ1n) is 5.93. The summed E-state index contributed by atoms with van der Waals surface area (Å²) >= 11 is 0. The minimum Gasteiger partial charge on any atom is -0.466 e. The maximum absolute atomic E-state index is 11.6. The first-order valence-corrected chi connectivity index (χ1v) is 5.93. The number of esters is 1. The zero-order valence-electron chi connectivity index (χ0n) is 12.0. The molecule has 0 bridgehead atoms. The van der Waals surface area contributed by atoms with Crippen molar-refractivity contribution in [3.63, 3.8) is 0 Å². The van der Waals surface area contributed by atoms with Gasteiger partial charge >= 0.3 is 13.1 Å². The highest BCUT2D eigenvalue weighted by atomic mass is 16.7. The van der Waals surface area contributed by atoms with Gasteiger partial charge in [-0.2, -0.15) is 0 Å². The van der Waals surface area contributed by atoms with Gasteiger partial charge in [0.1, 0.15) is 0 Å². The lowest BCUT2D eigenvalue weighted by Crippen LogP contribution is -2.41. The van der Waals surface area contributed by atoms with Crippen LogP contribution in [0.3, 0.4) is 0 Å². The topological polar surface area (TPSA) is 44.8 Å². The van der Waals surface area contributed by atoms with E-state index in [2.05, 4.69) is 6.58 Å². The molecule has 0 saturated carbocycles. The second-order valence-electron chi connectivity index (χ2n) is 5.36. The molecule has 0 amide bonds. The van der Waals surface area contributed by atoms with E-state index < -0.39 is 24.3 Å². The first kappa shape index (κ1) is 15.0. The van der Waals surface area contributed by atoms with Crippen molar-refractivity contribution in [2.45, 2.75) is 45.8 Å². The maximum atomic E-state index is 11.6. The van der Waals surface area contributed by atoms with E-state index in [4.69, 9.17) is 14.0 Å². The van der Waals surface area contributed by atoms with Crippen molar-refractivity contribution in [2.24, 2.45) is 0 Å². The van der Waals surface area contributed by atoms with Gasteiger partial charge in [0.25, 0.3) is 0 Å². The first-order chi connectivity index (χ1) is 8.16. The van der Waals surface area contributed by atoms with Crippen LogP contribution in [0.5, 0.6) is 0 Å². The lowest BCUT2D eigenvalue weighted by molar-refractivity contribution is -0.136. The van der Waals surface area contributed by atoms with Gasteiger partial charge < -0.3 is 14.0 Å². The minimum atomic E-state index is -0.591. The highest BCUT2D eigenvalue weighted by Gasteiger charge is 2.52. The Morgan fingerprint density at radius 2 is 1.67 bits per heavy atom. The second kappa shape index (κ2) is 4.90. The average Bonchev–Trinajstić information content (AvgIpc) is 2.47. The van der Waals surface area contributed by atoms with Crippen molar-refractivity contribution in [3.05, 3.63) is 23.7 Å². The molecule has 0 aromatic rings. The Morgan fingerprint density at radius 3 is 2.00 bits per heavy atom. The highest BCUT2D eigenvalue weighted by molar-refractivity contribution is 6.56. The monoisotopic (exact) mass is 252 g/mol. The molecule has 0 aromatic carbocycles. The summed E-state index contributed by atoms with van der Waals surface area (Å²) in [5.41, 5.74) is 0.177. The molecule has 5 heteroatoms.